The van der Waals surface area contributed by atoms with Gasteiger partial charge in [0.15, 0.2) is 0 Å². The Morgan fingerprint density at radius 2 is 1.84 bits per heavy atom. The molecule has 1 heterocycles. The number of thioether (sulfide) groups is 1. The van der Waals surface area contributed by atoms with Crippen LogP contribution in [0.4, 0.5) is 22.0 Å². The van der Waals surface area contributed by atoms with Gasteiger partial charge < -0.3 is 5.11 Å². The average Bonchev–Trinajstić information content (AvgIpc) is 3.20. The highest BCUT2D eigenvalue weighted by Crippen LogP contribution is 2.37. The number of hydrogen-bond acceptors (Lipinski definition) is 4. The molecular weight excluding hydrogens is 449 g/mol. The van der Waals surface area contributed by atoms with E-state index in [-0.39, 0.29) is 28.8 Å². The zero-order valence-corrected chi connectivity index (χ0v) is 17.7. The number of alkyl halides is 3. The Kier molecular flexibility index (Phi) is 7.35. The summed E-state index contributed by atoms with van der Waals surface area (Å²) in [6, 6.07) is 8.84. The molecular formula is C22H20F5N3OS. The minimum Gasteiger partial charge on any atom is -0.383 e. The lowest BCUT2D eigenvalue weighted by Gasteiger charge is -2.34. The molecule has 4 nitrogen and oxygen atoms in total. The zero-order valence-electron chi connectivity index (χ0n) is 16.9. The predicted molar refractivity (Wildman–Crippen MR) is 111 cm³/mol. The molecule has 32 heavy (non-hydrogen) atoms. The maximum Gasteiger partial charge on any atom is 0.446 e. The molecule has 0 aliphatic rings. The second-order valence-electron chi connectivity index (χ2n) is 7.30. The molecule has 0 fully saturated rings. The second kappa shape index (κ2) is 9.83. The number of hydrogen-bond donors (Lipinski definition) is 1. The summed E-state index contributed by atoms with van der Waals surface area (Å²) >= 11 is -0.190. The number of aliphatic hydroxyl groups is 1. The molecule has 0 radical (unpaired) electrons. The van der Waals surface area contributed by atoms with E-state index < -0.39 is 28.7 Å². The van der Waals surface area contributed by atoms with Crippen LogP contribution in [0.1, 0.15) is 24.5 Å². The number of nitrogens with zero attached hydrogens (tertiary/aromatic N) is 3. The first-order valence-corrected chi connectivity index (χ1v) is 10.4. The van der Waals surface area contributed by atoms with Crippen molar-refractivity contribution >= 4 is 17.8 Å². The summed E-state index contributed by atoms with van der Waals surface area (Å²) in [5.41, 5.74) is -5.46. The summed E-state index contributed by atoms with van der Waals surface area (Å²) in [5.74, 6) is -2.15. The molecule has 2 atom stereocenters. The first-order chi connectivity index (χ1) is 15.1. The lowest BCUT2D eigenvalue weighted by Crippen LogP contribution is -2.39. The SMILES string of the molecule is C[C@@H](C/C=C/c1ccc(SC(F)(F)F)cc1)[C@](O)(Cn1cncn1)c1ccc(F)cc1F. The lowest BCUT2D eigenvalue weighted by molar-refractivity contribution is -0.0380. The van der Waals surface area contributed by atoms with Crippen molar-refractivity contribution in [1.82, 2.24) is 14.8 Å². The monoisotopic (exact) mass is 469 g/mol. The van der Waals surface area contributed by atoms with Crippen molar-refractivity contribution in [2.24, 2.45) is 5.92 Å². The predicted octanol–water partition coefficient (Wildman–Crippen LogP) is 5.80. The van der Waals surface area contributed by atoms with Gasteiger partial charge in [-0.25, -0.2) is 18.4 Å². The van der Waals surface area contributed by atoms with Gasteiger partial charge in [0.2, 0.25) is 0 Å². The van der Waals surface area contributed by atoms with Gasteiger partial charge in [-0.1, -0.05) is 37.3 Å². The van der Waals surface area contributed by atoms with Crippen molar-refractivity contribution < 1.29 is 27.1 Å². The topological polar surface area (TPSA) is 50.9 Å². The smallest absolute Gasteiger partial charge is 0.383 e. The molecule has 0 aliphatic heterocycles. The van der Waals surface area contributed by atoms with Crippen molar-refractivity contribution in [2.45, 2.75) is 35.9 Å². The molecule has 0 unspecified atom stereocenters. The van der Waals surface area contributed by atoms with E-state index in [9.17, 15) is 27.1 Å². The molecule has 2 aromatic carbocycles. The van der Waals surface area contributed by atoms with E-state index in [1.807, 2.05) is 0 Å². The van der Waals surface area contributed by atoms with Crippen LogP contribution >= 0.6 is 11.8 Å². The molecule has 0 saturated heterocycles. The van der Waals surface area contributed by atoms with Crippen LogP contribution in [0.3, 0.4) is 0 Å². The number of aromatic nitrogens is 3. The van der Waals surface area contributed by atoms with Crippen LogP contribution in [-0.4, -0.2) is 25.4 Å². The van der Waals surface area contributed by atoms with Crippen LogP contribution in [-0.2, 0) is 12.1 Å². The molecule has 0 bridgehead atoms. The third-order valence-electron chi connectivity index (χ3n) is 5.00. The Bertz CT molecular complexity index is 1050. The van der Waals surface area contributed by atoms with E-state index in [1.165, 1.54) is 35.5 Å². The van der Waals surface area contributed by atoms with Crippen molar-refractivity contribution in [3.8, 4) is 0 Å². The molecule has 0 aliphatic carbocycles. The average molecular weight is 469 g/mol. The minimum absolute atomic E-state index is 0.0659. The van der Waals surface area contributed by atoms with Gasteiger partial charge in [-0.3, -0.25) is 0 Å². The fourth-order valence-corrected chi connectivity index (χ4v) is 3.83. The van der Waals surface area contributed by atoms with E-state index >= 15 is 0 Å². The first-order valence-electron chi connectivity index (χ1n) is 9.59. The Morgan fingerprint density at radius 1 is 1.12 bits per heavy atom. The van der Waals surface area contributed by atoms with E-state index in [1.54, 1.807) is 31.2 Å². The Morgan fingerprint density at radius 3 is 2.44 bits per heavy atom. The molecule has 1 N–H and O–H groups in total. The van der Waals surface area contributed by atoms with Gasteiger partial charge in [-0.15, -0.1) is 0 Å². The van der Waals surface area contributed by atoms with Crippen molar-refractivity contribution in [3.63, 3.8) is 0 Å². The van der Waals surface area contributed by atoms with Crippen LogP contribution in [0.2, 0.25) is 0 Å². The molecule has 170 valence electrons. The zero-order chi connectivity index (χ0) is 23.4. The van der Waals surface area contributed by atoms with E-state index in [4.69, 9.17) is 0 Å². The molecule has 3 rings (SSSR count). The fraction of sp³-hybridized carbons (Fsp3) is 0.273. The summed E-state index contributed by atoms with van der Waals surface area (Å²) in [6.07, 6.45) is 6.42. The fourth-order valence-electron chi connectivity index (χ4n) is 3.29. The van der Waals surface area contributed by atoms with Crippen LogP contribution in [0.25, 0.3) is 6.08 Å². The van der Waals surface area contributed by atoms with Gasteiger partial charge in [-0.05, 0) is 47.9 Å². The molecule has 1 aromatic heterocycles. The molecule has 0 spiro atoms. The normalized spacial score (nSPS) is 15.1. The van der Waals surface area contributed by atoms with E-state index in [0.717, 1.165) is 6.07 Å². The highest BCUT2D eigenvalue weighted by molar-refractivity contribution is 8.00. The highest BCUT2D eigenvalue weighted by atomic mass is 32.2. The quantitative estimate of drug-likeness (QED) is 0.335. The van der Waals surface area contributed by atoms with Gasteiger partial charge in [-0.2, -0.15) is 18.3 Å². The standard InChI is InChI=1S/C22H20F5N3OS/c1-15(3-2-4-16-5-8-18(9-6-16)32-22(25,26)27)21(31,12-30-14-28-13-29-30)19-10-7-17(23)11-20(19)24/h2,4-11,13-15,31H,3,12H2,1H3/b4-2+/t15-,21+/m0/s1. The van der Waals surface area contributed by atoms with Gasteiger partial charge in [0.25, 0.3) is 0 Å². The number of rotatable bonds is 8. The lowest BCUT2D eigenvalue weighted by atomic mass is 9.80. The Labute approximate surface area is 185 Å². The summed E-state index contributed by atoms with van der Waals surface area (Å²) in [5, 5.41) is 15.4. The number of allylic oxidation sites excluding steroid dienone is 1. The summed E-state index contributed by atoms with van der Waals surface area (Å²) in [7, 11) is 0. The third-order valence-corrected chi connectivity index (χ3v) is 5.74. The van der Waals surface area contributed by atoms with Crippen molar-refractivity contribution in [2.75, 3.05) is 0 Å². The molecule has 10 heteroatoms. The van der Waals surface area contributed by atoms with Crippen LogP contribution in [0.5, 0.6) is 0 Å². The molecule has 3 aromatic rings. The van der Waals surface area contributed by atoms with Gasteiger partial charge in [0, 0.05) is 16.5 Å². The van der Waals surface area contributed by atoms with Crippen LogP contribution < -0.4 is 0 Å². The first kappa shape index (κ1) is 23.9. The minimum atomic E-state index is -4.35. The van der Waals surface area contributed by atoms with E-state index in [0.29, 0.717) is 18.1 Å². The second-order valence-corrected chi connectivity index (χ2v) is 8.44. The Hall–Kier alpha value is -2.72. The van der Waals surface area contributed by atoms with Gasteiger partial charge in [0.05, 0.1) is 6.54 Å². The maximum atomic E-state index is 14.5. The summed E-state index contributed by atoms with van der Waals surface area (Å²) in [6.45, 7) is 1.61. The van der Waals surface area contributed by atoms with Crippen molar-refractivity contribution in [1.29, 1.82) is 0 Å². The van der Waals surface area contributed by atoms with E-state index in [2.05, 4.69) is 10.1 Å². The van der Waals surface area contributed by atoms with Gasteiger partial charge >= 0.3 is 5.51 Å². The van der Waals surface area contributed by atoms with Crippen LogP contribution in [0.15, 0.2) is 66.1 Å². The van der Waals surface area contributed by atoms with Gasteiger partial charge in [0.1, 0.15) is 29.9 Å². The number of halogens is 5. The molecule has 0 amide bonds. The van der Waals surface area contributed by atoms with Crippen molar-refractivity contribution in [3.05, 3.63) is 84.0 Å². The summed E-state index contributed by atoms with van der Waals surface area (Å²) < 4.78 is 66.6. The maximum absolute atomic E-state index is 14.5. The Balaban J connectivity index is 1.77. The molecule has 0 saturated carbocycles. The largest absolute Gasteiger partial charge is 0.446 e. The highest BCUT2D eigenvalue weighted by Gasteiger charge is 2.38. The third kappa shape index (κ3) is 6.17. The van der Waals surface area contributed by atoms with Crippen LogP contribution in [0, 0.1) is 17.6 Å². The summed E-state index contributed by atoms with van der Waals surface area (Å²) in [4.78, 5) is 3.91. The number of benzene rings is 2.